The smallest absolute Gasteiger partial charge is 0.154 e. The lowest BCUT2D eigenvalue weighted by molar-refractivity contribution is -0.0484. The molecule has 1 aliphatic rings. The van der Waals surface area contributed by atoms with Crippen LogP contribution in [0.15, 0.2) is 46.9 Å². The molecule has 2 aromatic rings. The molecule has 0 aromatic heterocycles. The van der Waals surface area contributed by atoms with Gasteiger partial charge in [-0.05, 0) is 36.4 Å². The van der Waals surface area contributed by atoms with Gasteiger partial charge in [0.1, 0.15) is 11.4 Å². The molecule has 0 unspecified atom stereocenters. The lowest BCUT2D eigenvalue weighted by Crippen LogP contribution is -2.45. The Labute approximate surface area is 143 Å². The predicted octanol–water partition coefficient (Wildman–Crippen LogP) is 3.73. The zero-order valence-corrected chi connectivity index (χ0v) is 14.5. The Balaban J connectivity index is 1.98. The minimum Gasteiger partial charge on any atom is -0.481 e. The fourth-order valence-electron chi connectivity index (χ4n) is 3.00. The van der Waals surface area contributed by atoms with E-state index in [4.69, 9.17) is 16.3 Å². The fourth-order valence-corrected chi connectivity index (χ4v) is 3.71. The summed E-state index contributed by atoms with van der Waals surface area (Å²) < 4.78 is 7.00. The fraction of sp³-hybridized carbons (Fsp3) is 0.294. The highest BCUT2D eigenvalue weighted by atomic mass is 79.9. The number of benzene rings is 2. The van der Waals surface area contributed by atoms with Crippen LogP contribution in [0, 0.1) is 0 Å². The minimum absolute atomic E-state index is 0.445. The Kier molecular flexibility index (Phi) is 4.46. The zero-order chi connectivity index (χ0) is 15.7. The maximum absolute atomic E-state index is 11.0. The van der Waals surface area contributed by atoms with Crippen molar-refractivity contribution in [3.05, 3.63) is 63.1 Å². The molecular weight excluding hydrogens is 366 g/mol. The highest BCUT2D eigenvalue weighted by molar-refractivity contribution is 9.10. The molecule has 5 heteroatoms. The average molecular weight is 383 g/mol. The summed E-state index contributed by atoms with van der Waals surface area (Å²) in [5.41, 5.74) is 1.13. The molecule has 0 bridgehead atoms. The number of nitrogens with one attached hydrogen (secondary N) is 1. The molecule has 3 nitrogen and oxygen atoms in total. The molecule has 116 valence electrons. The molecule has 0 fully saturated rings. The van der Waals surface area contributed by atoms with Gasteiger partial charge in [-0.3, -0.25) is 0 Å². The first-order valence-electron chi connectivity index (χ1n) is 7.10. The molecule has 3 rings (SSSR count). The number of aliphatic hydroxyl groups is 1. The van der Waals surface area contributed by atoms with Gasteiger partial charge in [-0.25, -0.2) is 0 Å². The molecule has 0 spiro atoms. The van der Waals surface area contributed by atoms with E-state index < -0.39 is 11.7 Å². The van der Waals surface area contributed by atoms with Gasteiger partial charge in [0.2, 0.25) is 0 Å². The summed E-state index contributed by atoms with van der Waals surface area (Å²) in [6, 6.07) is 13.4. The summed E-state index contributed by atoms with van der Waals surface area (Å²) >= 11 is 9.64. The number of likely N-dealkylation sites (N-methyl/N-ethyl adjacent to an activating group) is 1. The summed E-state index contributed by atoms with van der Waals surface area (Å²) in [4.78, 5) is 0. The normalized spacial score (nSPS) is 23.4. The van der Waals surface area contributed by atoms with E-state index in [1.807, 2.05) is 43.4 Å². The van der Waals surface area contributed by atoms with E-state index in [9.17, 15) is 5.11 Å². The van der Waals surface area contributed by atoms with Crippen LogP contribution in [0.25, 0.3) is 0 Å². The van der Waals surface area contributed by atoms with Crippen molar-refractivity contribution in [3.63, 3.8) is 0 Å². The third-order valence-corrected chi connectivity index (χ3v) is 4.73. The maximum atomic E-state index is 11.0. The van der Waals surface area contributed by atoms with E-state index in [1.165, 1.54) is 0 Å². The minimum atomic E-state index is -0.991. The van der Waals surface area contributed by atoms with Crippen LogP contribution in [0.3, 0.4) is 0 Å². The van der Waals surface area contributed by atoms with E-state index in [0.29, 0.717) is 23.7 Å². The van der Waals surface area contributed by atoms with Crippen molar-refractivity contribution in [2.24, 2.45) is 0 Å². The van der Waals surface area contributed by atoms with Crippen LogP contribution in [-0.2, 0) is 6.42 Å². The summed E-state index contributed by atoms with van der Waals surface area (Å²) in [5.74, 6) is 0.570. The van der Waals surface area contributed by atoms with Crippen LogP contribution in [0.2, 0.25) is 5.02 Å². The highest BCUT2D eigenvalue weighted by Gasteiger charge is 2.46. The topological polar surface area (TPSA) is 41.5 Å². The molecule has 0 heterocycles. The Morgan fingerprint density at radius 2 is 2.14 bits per heavy atom. The largest absolute Gasteiger partial charge is 0.481 e. The molecule has 0 amide bonds. The molecule has 0 saturated carbocycles. The lowest BCUT2D eigenvalue weighted by Gasteiger charge is -2.31. The Morgan fingerprint density at radius 1 is 1.36 bits per heavy atom. The second kappa shape index (κ2) is 6.20. The maximum Gasteiger partial charge on any atom is 0.154 e. The number of ether oxygens (including phenoxy) is 1. The van der Waals surface area contributed by atoms with Gasteiger partial charge >= 0.3 is 0 Å². The molecule has 0 radical (unpaired) electrons. The summed E-state index contributed by atoms with van der Waals surface area (Å²) in [7, 11) is 1.82. The molecule has 1 aliphatic carbocycles. The van der Waals surface area contributed by atoms with Crippen molar-refractivity contribution in [3.8, 4) is 5.75 Å². The third-order valence-electron chi connectivity index (χ3n) is 3.94. The van der Waals surface area contributed by atoms with Crippen molar-refractivity contribution in [2.45, 2.75) is 18.1 Å². The van der Waals surface area contributed by atoms with Crippen LogP contribution in [0.5, 0.6) is 5.75 Å². The quantitative estimate of drug-likeness (QED) is 0.846. The van der Waals surface area contributed by atoms with Gasteiger partial charge in [-0.15, -0.1) is 0 Å². The molecule has 22 heavy (non-hydrogen) atoms. The monoisotopic (exact) mass is 381 g/mol. The zero-order valence-electron chi connectivity index (χ0n) is 12.1. The van der Waals surface area contributed by atoms with Crippen molar-refractivity contribution >= 4 is 27.5 Å². The predicted molar refractivity (Wildman–Crippen MR) is 91.5 cm³/mol. The first-order chi connectivity index (χ1) is 10.5. The third kappa shape index (κ3) is 2.88. The highest BCUT2D eigenvalue weighted by Crippen LogP contribution is 2.43. The second-order valence-corrected chi connectivity index (χ2v) is 6.91. The Morgan fingerprint density at radius 3 is 2.86 bits per heavy atom. The van der Waals surface area contributed by atoms with Gasteiger partial charge in [0.15, 0.2) is 6.10 Å². The van der Waals surface area contributed by atoms with E-state index in [-0.39, 0.29) is 0 Å². The summed E-state index contributed by atoms with van der Waals surface area (Å²) in [6.07, 6.45) is 0.109. The SMILES string of the molecule is CNC[C@]1(O)Cc2ccccc2[C@@H]1Oc1ccc(Br)cc1Cl. The van der Waals surface area contributed by atoms with Crippen molar-refractivity contribution < 1.29 is 9.84 Å². The van der Waals surface area contributed by atoms with Crippen molar-refractivity contribution in [1.82, 2.24) is 5.32 Å². The van der Waals surface area contributed by atoms with E-state index in [1.54, 1.807) is 6.07 Å². The van der Waals surface area contributed by atoms with Gasteiger partial charge in [-0.1, -0.05) is 51.8 Å². The van der Waals surface area contributed by atoms with Crippen LogP contribution in [-0.4, -0.2) is 24.3 Å². The molecular formula is C17H17BrClNO2. The van der Waals surface area contributed by atoms with Crippen LogP contribution >= 0.6 is 27.5 Å². The molecule has 2 atom stereocenters. The first-order valence-corrected chi connectivity index (χ1v) is 8.27. The lowest BCUT2D eigenvalue weighted by atomic mass is 9.97. The van der Waals surface area contributed by atoms with Crippen LogP contribution in [0.1, 0.15) is 17.2 Å². The Bertz CT molecular complexity index is 694. The second-order valence-electron chi connectivity index (χ2n) is 5.58. The van der Waals surface area contributed by atoms with Gasteiger partial charge in [-0.2, -0.15) is 0 Å². The van der Waals surface area contributed by atoms with Gasteiger partial charge in [0.05, 0.1) is 5.02 Å². The van der Waals surface area contributed by atoms with E-state index in [0.717, 1.165) is 15.6 Å². The van der Waals surface area contributed by atoms with Gasteiger partial charge < -0.3 is 15.2 Å². The van der Waals surface area contributed by atoms with Crippen LogP contribution < -0.4 is 10.1 Å². The van der Waals surface area contributed by atoms with E-state index in [2.05, 4.69) is 21.2 Å². The molecule has 0 aliphatic heterocycles. The number of halogens is 2. The molecule has 0 saturated heterocycles. The van der Waals surface area contributed by atoms with Gasteiger partial charge in [0.25, 0.3) is 0 Å². The first kappa shape index (κ1) is 15.8. The molecule has 2 aromatic carbocycles. The standard InChI is InChI=1S/C17H17BrClNO2/c1-20-10-17(21)9-11-4-2-3-5-13(11)16(17)22-15-7-6-12(18)8-14(15)19/h2-8,16,20-21H,9-10H2,1H3/t16-,17+/m0/s1. The van der Waals surface area contributed by atoms with Crippen molar-refractivity contribution in [2.75, 3.05) is 13.6 Å². The number of rotatable bonds is 4. The number of hydrogen-bond acceptors (Lipinski definition) is 3. The number of hydrogen-bond donors (Lipinski definition) is 2. The summed E-state index contributed by atoms with van der Waals surface area (Å²) in [5, 5.41) is 14.6. The van der Waals surface area contributed by atoms with Crippen molar-refractivity contribution in [1.29, 1.82) is 0 Å². The van der Waals surface area contributed by atoms with E-state index >= 15 is 0 Å². The number of fused-ring (bicyclic) bond motifs is 1. The average Bonchev–Trinajstić information content (AvgIpc) is 2.74. The summed E-state index contributed by atoms with van der Waals surface area (Å²) in [6.45, 7) is 0.445. The molecule has 2 N–H and O–H groups in total. The Hall–Kier alpha value is -1.07. The van der Waals surface area contributed by atoms with Gasteiger partial charge in [0, 0.05) is 17.4 Å². The van der Waals surface area contributed by atoms with Crippen LogP contribution in [0.4, 0.5) is 0 Å².